The highest BCUT2D eigenvalue weighted by Crippen LogP contribution is 2.49. The van der Waals surface area contributed by atoms with Crippen LogP contribution in [0.25, 0.3) is 11.1 Å². The van der Waals surface area contributed by atoms with E-state index < -0.39 is 11.9 Å². The average Bonchev–Trinajstić information content (AvgIpc) is 3.00. The van der Waals surface area contributed by atoms with Crippen molar-refractivity contribution in [3.05, 3.63) is 94.6 Å². The van der Waals surface area contributed by atoms with Gasteiger partial charge in [-0.3, -0.25) is 0 Å². The highest BCUT2D eigenvalue weighted by atomic mass is 16.7. The minimum atomic E-state index is -0.521. The van der Waals surface area contributed by atoms with E-state index in [4.69, 9.17) is 14.2 Å². The van der Waals surface area contributed by atoms with Crippen molar-refractivity contribution in [1.82, 2.24) is 0 Å². The Kier molecular flexibility index (Phi) is 6.05. The highest BCUT2D eigenvalue weighted by molar-refractivity contribution is 5.93. The van der Waals surface area contributed by atoms with Crippen LogP contribution in [0.2, 0.25) is 0 Å². The molecular weight excluding hydrogens is 428 g/mol. The molecule has 4 rings (SSSR count). The molecule has 3 aromatic rings. The van der Waals surface area contributed by atoms with Crippen molar-refractivity contribution in [3.8, 4) is 22.6 Å². The molecule has 0 fully saturated rings. The quantitative estimate of drug-likeness (QED) is 0.189. The van der Waals surface area contributed by atoms with Gasteiger partial charge in [0, 0.05) is 11.0 Å². The van der Waals surface area contributed by atoms with Gasteiger partial charge in [0.15, 0.2) is 0 Å². The maximum atomic E-state index is 12.9. The monoisotopic (exact) mass is 456 g/mol. The zero-order valence-electron chi connectivity index (χ0n) is 20.2. The van der Waals surface area contributed by atoms with Crippen LogP contribution < -0.4 is 9.47 Å². The first kappa shape index (κ1) is 23.3. The molecule has 0 aromatic heterocycles. The number of benzene rings is 3. The summed E-state index contributed by atoms with van der Waals surface area (Å²) < 4.78 is 16.1. The smallest absolute Gasteiger partial charge is 0.343 e. The van der Waals surface area contributed by atoms with Crippen molar-refractivity contribution in [2.45, 2.75) is 40.0 Å². The topological polar surface area (TPSA) is 61.8 Å². The summed E-state index contributed by atoms with van der Waals surface area (Å²) in [7, 11) is 0. The molecule has 5 nitrogen and oxygen atoms in total. The number of fused-ring (bicyclic) bond motifs is 3. The minimum absolute atomic E-state index is 0.179. The number of hydrogen-bond donors (Lipinski definition) is 0. The van der Waals surface area contributed by atoms with Gasteiger partial charge in [0.2, 0.25) is 6.79 Å². The van der Waals surface area contributed by atoms with Crippen LogP contribution in [0.15, 0.2) is 66.7 Å². The zero-order chi connectivity index (χ0) is 24.6. The Morgan fingerprint density at radius 1 is 0.882 bits per heavy atom. The fourth-order valence-electron chi connectivity index (χ4n) is 4.29. The second-order valence-electron chi connectivity index (χ2n) is 9.22. The van der Waals surface area contributed by atoms with Crippen LogP contribution in [0.3, 0.4) is 0 Å². The van der Waals surface area contributed by atoms with E-state index in [1.807, 2.05) is 18.2 Å². The van der Waals surface area contributed by atoms with Crippen molar-refractivity contribution in [1.29, 1.82) is 0 Å². The summed E-state index contributed by atoms with van der Waals surface area (Å²) >= 11 is 0. The van der Waals surface area contributed by atoms with E-state index in [0.717, 1.165) is 5.56 Å². The Hall–Kier alpha value is -3.86. The number of aryl methyl sites for hydroxylation is 2. The summed E-state index contributed by atoms with van der Waals surface area (Å²) in [6.45, 7) is 13.1. The zero-order valence-corrected chi connectivity index (χ0v) is 20.2. The van der Waals surface area contributed by atoms with Gasteiger partial charge in [-0.25, -0.2) is 9.59 Å². The SMILES string of the molecule is C=C(C)C(=O)OCOc1ccc(C(=O)Oc2ccc3c(c2)C(C)(C)c2cc(C)ccc2-3)c(C)c1. The van der Waals surface area contributed by atoms with Crippen LogP contribution in [0.1, 0.15) is 53.4 Å². The molecule has 0 aliphatic heterocycles. The van der Waals surface area contributed by atoms with Gasteiger partial charge in [0.05, 0.1) is 5.56 Å². The summed E-state index contributed by atoms with van der Waals surface area (Å²) in [5.74, 6) is 0.0261. The van der Waals surface area contributed by atoms with E-state index in [0.29, 0.717) is 28.2 Å². The fourth-order valence-corrected chi connectivity index (χ4v) is 4.29. The molecule has 5 heteroatoms. The first-order chi connectivity index (χ1) is 16.1. The second kappa shape index (κ2) is 8.82. The van der Waals surface area contributed by atoms with Gasteiger partial charge in [-0.05, 0) is 78.9 Å². The third-order valence-electron chi connectivity index (χ3n) is 6.20. The standard InChI is InChI=1S/C29H28O5/c1-17(2)27(30)33-16-32-20-8-11-22(19(4)14-20)28(31)34-21-9-12-24-23-10-7-18(3)13-25(23)29(5,6)26(24)15-21/h7-15H,1,16H2,2-6H3. The van der Waals surface area contributed by atoms with Gasteiger partial charge >= 0.3 is 11.9 Å². The molecular formula is C29H28O5. The molecule has 0 saturated heterocycles. The van der Waals surface area contributed by atoms with E-state index >= 15 is 0 Å². The van der Waals surface area contributed by atoms with Crippen LogP contribution in [-0.4, -0.2) is 18.7 Å². The summed E-state index contributed by atoms with van der Waals surface area (Å²) in [4.78, 5) is 24.4. The molecule has 1 aliphatic rings. The van der Waals surface area contributed by atoms with Gasteiger partial charge in [-0.1, -0.05) is 50.3 Å². The number of carbonyl (C=O) groups is 2. The first-order valence-electron chi connectivity index (χ1n) is 11.1. The van der Waals surface area contributed by atoms with E-state index in [-0.39, 0.29) is 12.2 Å². The van der Waals surface area contributed by atoms with Crippen molar-refractivity contribution >= 4 is 11.9 Å². The largest absolute Gasteiger partial charge is 0.457 e. The van der Waals surface area contributed by atoms with Crippen LogP contribution in [0, 0.1) is 13.8 Å². The van der Waals surface area contributed by atoms with Crippen molar-refractivity contribution in [2.75, 3.05) is 6.79 Å². The summed E-state index contributed by atoms with van der Waals surface area (Å²) in [6.07, 6.45) is 0. The molecule has 174 valence electrons. The lowest BCUT2D eigenvalue weighted by Crippen LogP contribution is -2.16. The molecule has 0 amide bonds. The maximum Gasteiger partial charge on any atom is 0.343 e. The number of ether oxygens (including phenoxy) is 3. The Balaban J connectivity index is 1.49. The molecule has 0 atom stereocenters. The molecule has 0 unspecified atom stereocenters. The third-order valence-corrected chi connectivity index (χ3v) is 6.20. The molecule has 0 N–H and O–H groups in total. The Labute approximate surface area is 200 Å². The molecule has 34 heavy (non-hydrogen) atoms. The molecule has 0 radical (unpaired) electrons. The molecule has 3 aromatic carbocycles. The van der Waals surface area contributed by atoms with Gasteiger partial charge in [0.1, 0.15) is 11.5 Å². The number of hydrogen-bond acceptors (Lipinski definition) is 5. The molecule has 0 bridgehead atoms. The van der Waals surface area contributed by atoms with Crippen LogP contribution >= 0.6 is 0 Å². The van der Waals surface area contributed by atoms with E-state index in [1.54, 1.807) is 32.0 Å². The molecule has 0 heterocycles. The number of esters is 2. The minimum Gasteiger partial charge on any atom is -0.457 e. The predicted molar refractivity (Wildman–Crippen MR) is 131 cm³/mol. The molecule has 1 aliphatic carbocycles. The van der Waals surface area contributed by atoms with Crippen molar-refractivity contribution < 1.29 is 23.8 Å². The number of carbonyl (C=O) groups excluding carboxylic acids is 2. The Bertz CT molecular complexity index is 1320. The van der Waals surface area contributed by atoms with Gasteiger partial charge in [0.25, 0.3) is 0 Å². The summed E-state index contributed by atoms with van der Waals surface area (Å²) in [5.41, 5.74) is 7.29. The lowest BCUT2D eigenvalue weighted by Gasteiger charge is -2.22. The molecule has 0 spiro atoms. The van der Waals surface area contributed by atoms with Gasteiger partial charge in [-0.2, -0.15) is 0 Å². The van der Waals surface area contributed by atoms with E-state index in [9.17, 15) is 9.59 Å². The Morgan fingerprint density at radius 2 is 1.53 bits per heavy atom. The normalized spacial score (nSPS) is 13.0. The lowest BCUT2D eigenvalue weighted by atomic mass is 9.82. The maximum absolute atomic E-state index is 12.9. The van der Waals surface area contributed by atoms with Crippen LogP contribution in [0.4, 0.5) is 0 Å². The summed E-state index contributed by atoms with van der Waals surface area (Å²) in [6, 6.07) is 17.3. The van der Waals surface area contributed by atoms with Gasteiger partial charge in [-0.15, -0.1) is 0 Å². The summed E-state index contributed by atoms with van der Waals surface area (Å²) in [5, 5.41) is 0. The van der Waals surface area contributed by atoms with E-state index in [1.165, 1.54) is 22.3 Å². The second-order valence-corrected chi connectivity index (χ2v) is 9.22. The predicted octanol–water partition coefficient (Wildman–Crippen LogP) is 6.28. The third kappa shape index (κ3) is 4.34. The Morgan fingerprint density at radius 3 is 2.21 bits per heavy atom. The van der Waals surface area contributed by atoms with Crippen LogP contribution in [-0.2, 0) is 14.9 Å². The first-order valence-corrected chi connectivity index (χ1v) is 11.1. The highest BCUT2D eigenvalue weighted by Gasteiger charge is 2.35. The van der Waals surface area contributed by atoms with Crippen LogP contribution in [0.5, 0.6) is 11.5 Å². The lowest BCUT2D eigenvalue weighted by molar-refractivity contribution is -0.145. The fraction of sp³-hybridized carbons (Fsp3) is 0.241. The van der Waals surface area contributed by atoms with Crippen molar-refractivity contribution in [3.63, 3.8) is 0 Å². The van der Waals surface area contributed by atoms with E-state index in [2.05, 4.69) is 45.5 Å². The van der Waals surface area contributed by atoms with Gasteiger partial charge < -0.3 is 14.2 Å². The number of rotatable bonds is 6. The van der Waals surface area contributed by atoms with Crippen molar-refractivity contribution in [2.24, 2.45) is 0 Å². The molecule has 0 saturated carbocycles. The average molecular weight is 457 g/mol.